The second kappa shape index (κ2) is 9.63. The summed E-state index contributed by atoms with van der Waals surface area (Å²) in [6, 6.07) is 17.7. The highest BCUT2D eigenvalue weighted by molar-refractivity contribution is 7.92. The summed E-state index contributed by atoms with van der Waals surface area (Å²) in [5, 5.41) is 6.92. The van der Waals surface area contributed by atoms with Crippen LogP contribution in [-0.2, 0) is 21.4 Å². The quantitative estimate of drug-likeness (QED) is 0.418. The minimum Gasteiger partial charge on any atom is -0.324 e. The van der Waals surface area contributed by atoms with Crippen LogP contribution >= 0.6 is 0 Å². The number of sulfonamides is 1. The van der Waals surface area contributed by atoms with Gasteiger partial charge in [0, 0.05) is 29.7 Å². The zero-order valence-corrected chi connectivity index (χ0v) is 18.9. The molecule has 0 radical (unpaired) electrons. The molecule has 2 aromatic heterocycles. The number of hydrogen-bond acceptors (Lipinski definition) is 7. The van der Waals surface area contributed by atoms with Gasteiger partial charge < -0.3 is 5.32 Å². The first-order valence-electron chi connectivity index (χ1n) is 10.2. The van der Waals surface area contributed by atoms with E-state index in [1.165, 1.54) is 42.7 Å². The van der Waals surface area contributed by atoms with E-state index in [9.17, 15) is 18.0 Å². The molecule has 2 aromatic carbocycles. The van der Waals surface area contributed by atoms with Gasteiger partial charge in [0.1, 0.15) is 6.54 Å². The van der Waals surface area contributed by atoms with Crippen molar-refractivity contribution in [1.29, 1.82) is 0 Å². The smallest absolute Gasteiger partial charge is 0.267 e. The van der Waals surface area contributed by atoms with E-state index < -0.39 is 21.5 Å². The maximum atomic E-state index is 12.5. The first-order chi connectivity index (χ1) is 16.3. The van der Waals surface area contributed by atoms with E-state index in [0.29, 0.717) is 11.4 Å². The summed E-state index contributed by atoms with van der Waals surface area (Å²) in [7, 11) is -3.89. The molecule has 0 spiro atoms. The van der Waals surface area contributed by atoms with Gasteiger partial charge in [0.25, 0.3) is 15.6 Å². The van der Waals surface area contributed by atoms with Gasteiger partial charge in [-0.25, -0.2) is 27.8 Å². The molecule has 0 unspecified atom stereocenters. The summed E-state index contributed by atoms with van der Waals surface area (Å²) >= 11 is 0. The lowest BCUT2D eigenvalue weighted by Gasteiger charge is -2.10. The number of carbonyl (C=O) groups is 1. The van der Waals surface area contributed by atoms with Crippen molar-refractivity contribution >= 4 is 27.6 Å². The second-order valence-electron chi connectivity index (χ2n) is 7.33. The Bertz CT molecular complexity index is 1470. The van der Waals surface area contributed by atoms with Gasteiger partial charge in [-0.15, -0.1) is 0 Å². The maximum absolute atomic E-state index is 12.5. The van der Waals surface area contributed by atoms with Gasteiger partial charge in [0.05, 0.1) is 10.6 Å². The number of nitrogens with zero attached hydrogens (tertiary/aromatic N) is 4. The fourth-order valence-electron chi connectivity index (χ4n) is 3.03. The summed E-state index contributed by atoms with van der Waals surface area (Å²) < 4.78 is 28.3. The van der Waals surface area contributed by atoms with E-state index in [0.717, 1.165) is 15.8 Å². The molecule has 0 atom stereocenters. The van der Waals surface area contributed by atoms with Gasteiger partial charge in [-0.3, -0.25) is 9.59 Å². The average molecular weight is 477 g/mol. The van der Waals surface area contributed by atoms with Gasteiger partial charge in [0.15, 0.2) is 0 Å². The summed E-state index contributed by atoms with van der Waals surface area (Å²) in [5.41, 5.74) is 2.44. The third-order valence-electron chi connectivity index (χ3n) is 4.75. The van der Waals surface area contributed by atoms with Gasteiger partial charge in [0.2, 0.25) is 11.9 Å². The van der Waals surface area contributed by atoms with Crippen LogP contribution in [0.1, 0.15) is 5.56 Å². The predicted octanol–water partition coefficient (Wildman–Crippen LogP) is 2.45. The Kier molecular flexibility index (Phi) is 6.46. The van der Waals surface area contributed by atoms with Crippen molar-refractivity contribution in [2.75, 3.05) is 10.0 Å². The molecule has 2 N–H and O–H groups in total. The average Bonchev–Trinajstić information content (AvgIpc) is 2.82. The van der Waals surface area contributed by atoms with Crippen molar-refractivity contribution in [3.8, 4) is 11.3 Å². The lowest BCUT2D eigenvalue weighted by molar-refractivity contribution is -0.117. The Hall–Kier alpha value is -4.38. The van der Waals surface area contributed by atoms with Crippen molar-refractivity contribution < 1.29 is 13.2 Å². The van der Waals surface area contributed by atoms with Crippen LogP contribution in [0.15, 0.2) is 88.8 Å². The van der Waals surface area contributed by atoms with Crippen molar-refractivity contribution in [3.63, 3.8) is 0 Å². The number of hydrogen-bond donors (Lipinski definition) is 2. The highest BCUT2D eigenvalue weighted by Gasteiger charge is 2.16. The molecule has 2 heterocycles. The topological polar surface area (TPSA) is 136 Å². The highest BCUT2D eigenvalue weighted by Crippen LogP contribution is 2.17. The molecule has 0 aliphatic carbocycles. The van der Waals surface area contributed by atoms with Crippen LogP contribution in [0.3, 0.4) is 0 Å². The summed E-state index contributed by atoms with van der Waals surface area (Å²) in [5.74, 6) is -0.534. The third-order valence-corrected chi connectivity index (χ3v) is 6.09. The third kappa shape index (κ3) is 5.51. The zero-order chi connectivity index (χ0) is 24.1. The Morgan fingerprint density at radius 2 is 1.62 bits per heavy atom. The van der Waals surface area contributed by atoms with Crippen LogP contribution in [0.4, 0.5) is 11.6 Å². The van der Waals surface area contributed by atoms with Gasteiger partial charge in [-0.05, 0) is 43.3 Å². The number of amides is 1. The normalized spacial score (nSPS) is 11.1. The lowest BCUT2D eigenvalue weighted by atomic mass is 10.1. The Morgan fingerprint density at radius 1 is 0.941 bits per heavy atom. The first kappa shape index (κ1) is 22.8. The SMILES string of the molecule is Cc1ccc(-c2ccc(=O)n(CC(=O)Nc3ccc(S(=O)(=O)Nc4ncccn4)cc3)n2)cc1. The molecule has 34 heavy (non-hydrogen) atoms. The number of aryl methyl sites for hydroxylation is 1. The van der Waals surface area contributed by atoms with Crippen LogP contribution in [-0.4, -0.2) is 34.1 Å². The van der Waals surface area contributed by atoms with E-state index >= 15 is 0 Å². The van der Waals surface area contributed by atoms with Crippen molar-refractivity contribution in [2.45, 2.75) is 18.4 Å². The highest BCUT2D eigenvalue weighted by atomic mass is 32.2. The molecule has 0 saturated carbocycles. The summed E-state index contributed by atoms with van der Waals surface area (Å²) in [6.07, 6.45) is 2.83. The number of aromatic nitrogens is 4. The van der Waals surface area contributed by atoms with Gasteiger partial charge >= 0.3 is 0 Å². The van der Waals surface area contributed by atoms with E-state index in [1.54, 1.807) is 12.1 Å². The molecule has 172 valence electrons. The fourth-order valence-corrected chi connectivity index (χ4v) is 3.98. The molecule has 1 amide bonds. The molecule has 11 heteroatoms. The molecule has 0 bridgehead atoms. The maximum Gasteiger partial charge on any atom is 0.267 e. The summed E-state index contributed by atoms with van der Waals surface area (Å²) in [4.78, 5) is 32.3. The Morgan fingerprint density at radius 3 is 2.29 bits per heavy atom. The Balaban J connectivity index is 1.44. The molecule has 0 fully saturated rings. The first-order valence-corrected chi connectivity index (χ1v) is 11.6. The van der Waals surface area contributed by atoms with Crippen LogP contribution in [0.25, 0.3) is 11.3 Å². The minimum absolute atomic E-state index is 0.0263. The Labute approximate surface area is 195 Å². The fraction of sp³-hybridized carbons (Fsp3) is 0.0870. The van der Waals surface area contributed by atoms with Crippen LogP contribution in [0, 0.1) is 6.92 Å². The van der Waals surface area contributed by atoms with Crippen LogP contribution in [0.5, 0.6) is 0 Å². The number of carbonyl (C=O) groups excluding carboxylic acids is 1. The van der Waals surface area contributed by atoms with E-state index in [4.69, 9.17) is 0 Å². The number of anilines is 2. The van der Waals surface area contributed by atoms with Crippen molar-refractivity contribution in [2.24, 2.45) is 0 Å². The number of nitrogens with one attached hydrogen (secondary N) is 2. The van der Waals surface area contributed by atoms with Crippen LogP contribution < -0.4 is 15.6 Å². The molecular weight excluding hydrogens is 456 g/mol. The van der Waals surface area contributed by atoms with Crippen LogP contribution in [0.2, 0.25) is 0 Å². The second-order valence-corrected chi connectivity index (χ2v) is 9.01. The molecule has 0 aliphatic rings. The van der Waals surface area contributed by atoms with Crippen molar-refractivity contribution in [3.05, 3.63) is 95.0 Å². The number of benzene rings is 2. The molecule has 0 aliphatic heterocycles. The van der Waals surface area contributed by atoms with Crippen molar-refractivity contribution in [1.82, 2.24) is 19.7 Å². The number of rotatable bonds is 7. The van der Waals surface area contributed by atoms with E-state index in [1.807, 2.05) is 31.2 Å². The lowest BCUT2D eigenvalue weighted by Crippen LogP contribution is -2.29. The molecule has 4 rings (SSSR count). The van der Waals surface area contributed by atoms with Gasteiger partial charge in [-0.2, -0.15) is 5.10 Å². The van der Waals surface area contributed by atoms with E-state index in [2.05, 4.69) is 25.1 Å². The van der Waals surface area contributed by atoms with E-state index in [-0.39, 0.29) is 17.4 Å². The largest absolute Gasteiger partial charge is 0.324 e. The minimum atomic E-state index is -3.89. The van der Waals surface area contributed by atoms with Gasteiger partial charge in [-0.1, -0.05) is 29.8 Å². The molecule has 10 nitrogen and oxygen atoms in total. The standard InChI is InChI=1S/C23H20N6O4S/c1-16-3-5-17(6-4-16)20-11-12-22(31)29(27-20)15-21(30)26-18-7-9-19(10-8-18)34(32,33)28-23-24-13-2-14-25-23/h2-14H,15H2,1H3,(H,26,30)(H,24,25,28). The molecule has 4 aromatic rings. The molecular formula is C23H20N6O4S. The predicted molar refractivity (Wildman–Crippen MR) is 127 cm³/mol. The zero-order valence-electron chi connectivity index (χ0n) is 18.0. The summed E-state index contributed by atoms with van der Waals surface area (Å²) in [6.45, 7) is 1.67. The molecule has 0 saturated heterocycles. The monoisotopic (exact) mass is 476 g/mol.